The standard InChI is InChI=1S/C24H33N7O2S/c1-24(2)11-18-19(14-33-24)34-22-20(18)21(29-23(30-22)28-16-12-25-26-13-16)27-15-3-5-17(6-4-15)31-7-9-32-10-8-31/h12-13,15,17H,3-11,14H2,1-2H3,(H,25,26)(H2,27,28,29,30)/t15-,17-. The number of morpholine rings is 1. The highest BCUT2D eigenvalue weighted by Gasteiger charge is 2.32. The highest BCUT2D eigenvalue weighted by atomic mass is 32.1. The Hall–Kier alpha value is -2.27. The molecule has 1 saturated carbocycles. The molecule has 0 aromatic carbocycles. The van der Waals surface area contributed by atoms with Crippen LogP contribution >= 0.6 is 11.3 Å². The molecule has 10 heteroatoms. The van der Waals surface area contributed by atoms with Crippen LogP contribution in [0.4, 0.5) is 17.5 Å². The number of anilines is 3. The third-order valence-corrected chi connectivity index (χ3v) is 8.38. The van der Waals surface area contributed by atoms with Gasteiger partial charge in [-0.3, -0.25) is 10.00 Å². The summed E-state index contributed by atoms with van der Waals surface area (Å²) in [6.45, 7) is 8.83. The van der Waals surface area contributed by atoms with Gasteiger partial charge in [0, 0.05) is 42.7 Å². The number of thiophene rings is 1. The van der Waals surface area contributed by atoms with Crippen LogP contribution in [-0.2, 0) is 22.5 Å². The summed E-state index contributed by atoms with van der Waals surface area (Å²) in [6, 6.07) is 1.10. The van der Waals surface area contributed by atoms with E-state index in [0.29, 0.717) is 24.6 Å². The summed E-state index contributed by atoms with van der Waals surface area (Å²) in [7, 11) is 0. The molecule has 1 saturated heterocycles. The van der Waals surface area contributed by atoms with Crippen molar-refractivity contribution in [3.8, 4) is 0 Å². The first-order chi connectivity index (χ1) is 16.5. The maximum Gasteiger partial charge on any atom is 0.230 e. The summed E-state index contributed by atoms with van der Waals surface area (Å²) in [5.41, 5.74) is 2.01. The fraction of sp³-hybridized carbons (Fsp3) is 0.625. The topological polar surface area (TPSA) is 100 Å². The molecule has 2 fully saturated rings. The van der Waals surface area contributed by atoms with Gasteiger partial charge in [0.2, 0.25) is 5.95 Å². The van der Waals surface area contributed by atoms with Crippen molar-refractivity contribution in [2.24, 2.45) is 0 Å². The van der Waals surface area contributed by atoms with Crippen LogP contribution in [-0.4, -0.2) is 69.1 Å². The lowest BCUT2D eigenvalue weighted by Gasteiger charge is -2.39. The van der Waals surface area contributed by atoms with E-state index in [0.717, 1.165) is 61.9 Å². The number of nitrogens with one attached hydrogen (secondary N) is 3. The quantitative estimate of drug-likeness (QED) is 0.500. The normalized spacial score (nSPS) is 25.2. The Morgan fingerprint density at radius 1 is 1.15 bits per heavy atom. The minimum Gasteiger partial charge on any atom is -0.379 e. The Morgan fingerprint density at radius 2 is 1.97 bits per heavy atom. The van der Waals surface area contributed by atoms with E-state index in [9.17, 15) is 0 Å². The minimum absolute atomic E-state index is 0.178. The van der Waals surface area contributed by atoms with Crippen LogP contribution in [0.2, 0.25) is 0 Å². The molecule has 3 aromatic heterocycles. The van der Waals surface area contributed by atoms with E-state index in [-0.39, 0.29) is 5.60 Å². The summed E-state index contributed by atoms with van der Waals surface area (Å²) in [5, 5.41) is 15.2. The van der Waals surface area contributed by atoms with Gasteiger partial charge in [-0.2, -0.15) is 10.1 Å². The van der Waals surface area contributed by atoms with Crippen molar-refractivity contribution in [2.45, 2.75) is 70.2 Å². The number of H-pyrrole nitrogens is 1. The minimum atomic E-state index is -0.178. The van der Waals surface area contributed by atoms with Crippen LogP contribution in [0.15, 0.2) is 12.4 Å². The zero-order chi connectivity index (χ0) is 23.1. The van der Waals surface area contributed by atoms with Crippen molar-refractivity contribution >= 4 is 39.0 Å². The van der Waals surface area contributed by atoms with Gasteiger partial charge in [0.1, 0.15) is 10.6 Å². The van der Waals surface area contributed by atoms with E-state index in [2.05, 4.69) is 39.6 Å². The van der Waals surface area contributed by atoms with Crippen LogP contribution in [0.5, 0.6) is 0 Å². The third-order valence-electron chi connectivity index (χ3n) is 7.28. The first-order valence-corrected chi connectivity index (χ1v) is 13.2. The Bertz CT molecular complexity index is 1130. The molecule has 0 amide bonds. The van der Waals surface area contributed by atoms with Gasteiger partial charge in [-0.05, 0) is 45.1 Å². The smallest absolute Gasteiger partial charge is 0.230 e. The zero-order valence-corrected chi connectivity index (χ0v) is 20.7. The van der Waals surface area contributed by atoms with Crippen molar-refractivity contribution in [2.75, 3.05) is 36.9 Å². The Balaban J connectivity index is 1.27. The molecule has 0 atom stereocenters. The van der Waals surface area contributed by atoms with Gasteiger partial charge in [-0.15, -0.1) is 11.3 Å². The van der Waals surface area contributed by atoms with Gasteiger partial charge in [0.15, 0.2) is 0 Å². The van der Waals surface area contributed by atoms with Crippen LogP contribution in [0.1, 0.15) is 50.0 Å². The number of nitrogens with zero attached hydrogens (tertiary/aromatic N) is 4. The Kier molecular flexibility index (Phi) is 5.92. The molecule has 182 valence electrons. The maximum atomic E-state index is 6.10. The molecule has 0 radical (unpaired) electrons. The zero-order valence-electron chi connectivity index (χ0n) is 19.9. The van der Waals surface area contributed by atoms with E-state index in [1.165, 1.54) is 28.7 Å². The highest BCUT2D eigenvalue weighted by molar-refractivity contribution is 7.19. The lowest BCUT2D eigenvalue weighted by molar-refractivity contribution is -0.0379. The molecule has 0 bridgehead atoms. The molecule has 2 aliphatic heterocycles. The molecular formula is C24H33N7O2S. The molecule has 3 aliphatic rings. The summed E-state index contributed by atoms with van der Waals surface area (Å²) < 4.78 is 11.6. The largest absolute Gasteiger partial charge is 0.379 e. The Labute approximate surface area is 203 Å². The molecule has 9 nitrogen and oxygen atoms in total. The second-order valence-corrected chi connectivity index (χ2v) is 11.3. The van der Waals surface area contributed by atoms with Gasteiger partial charge in [0.05, 0.1) is 42.7 Å². The maximum absolute atomic E-state index is 6.10. The predicted molar refractivity (Wildman–Crippen MR) is 134 cm³/mol. The lowest BCUT2D eigenvalue weighted by atomic mass is 9.89. The average molecular weight is 484 g/mol. The number of hydrogen-bond donors (Lipinski definition) is 3. The highest BCUT2D eigenvalue weighted by Crippen LogP contribution is 2.42. The Morgan fingerprint density at radius 3 is 2.74 bits per heavy atom. The second kappa shape index (κ2) is 9.07. The molecule has 5 heterocycles. The van der Waals surface area contributed by atoms with E-state index in [1.54, 1.807) is 17.5 Å². The third kappa shape index (κ3) is 4.51. The van der Waals surface area contributed by atoms with E-state index in [4.69, 9.17) is 19.4 Å². The van der Waals surface area contributed by atoms with E-state index < -0.39 is 0 Å². The fourth-order valence-corrected chi connectivity index (χ4v) is 6.58. The first-order valence-electron chi connectivity index (χ1n) is 12.3. The first kappa shape index (κ1) is 22.2. The number of ether oxygens (including phenoxy) is 2. The molecule has 6 rings (SSSR count). The van der Waals surface area contributed by atoms with Gasteiger partial charge >= 0.3 is 0 Å². The predicted octanol–water partition coefficient (Wildman–Crippen LogP) is 4.06. The molecular weight excluding hydrogens is 450 g/mol. The van der Waals surface area contributed by atoms with Gasteiger partial charge in [-0.1, -0.05) is 0 Å². The summed E-state index contributed by atoms with van der Waals surface area (Å²) in [5.74, 6) is 1.54. The van der Waals surface area contributed by atoms with Crippen LogP contribution in [0.25, 0.3) is 10.2 Å². The van der Waals surface area contributed by atoms with Crippen molar-refractivity contribution in [3.63, 3.8) is 0 Å². The summed E-state index contributed by atoms with van der Waals surface area (Å²) >= 11 is 1.72. The second-order valence-electron chi connectivity index (χ2n) is 10.2. The number of aromatic amines is 1. The molecule has 0 spiro atoms. The van der Waals surface area contributed by atoms with Crippen molar-refractivity contribution in [1.82, 2.24) is 25.1 Å². The number of fused-ring (bicyclic) bond motifs is 3. The van der Waals surface area contributed by atoms with Crippen molar-refractivity contribution < 1.29 is 9.47 Å². The number of hydrogen-bond acceptors (Lipinski definition) is 9. The molecule has 34 heavy (non-hydrogen) atoms. The van der Waals surface area contributed by atoms with E-state index in [1.807, 2.05) is 6.20 Å². The molecule has 3 aromatic rings. The van der Waals surface area contributed by atoms with Gasteiger partial charge < -0.3 is 20.1 Å². The monoisotopic (exact) mass is 483 g/mol. The number of aromatic nitrogens is 4. The van der Waals surface area contributed by atoms with Crippen molar-refractivity contribution in [1.29, 1.82) is 0 Å². The molecule has 3 N–H and O–H groups in total. The van der Waals surface area contributed by atoms with E-state index >= 15 is 0 Å². The SMILES string of the molecule is CC1(C)Cc2c(sc3nc(Nc4cn[nH]c4)nc(N[C@H]4CC[C@H](N5CCOCC5)CC4)c23)CO1. The van der Waals surface area contributed by atoms with Crippen LogP contribution in [0, 0.1) is 0 Å². The van der Waals surface area contributed by atoms with Crippen LogP contribution in [0.3, 0.4) is 0 Å². The van der Waals surface area contributed by atoms with Crippen LogP contribution < -0.4 is 10.6 Å². The average Bonchev–Trinajstić information content (AvgIpc) is 3.47. The lowest BCUT2D eigenvalue weighted by Crippen LogP contribution is -2.46. The molecule has 1 aliphatic carbocycles. The van der Waals surface area contributed by atoms with Gasteiger partial charge in [-0.25, -0.2) is 4.98 Å². The summed E-state index contributed by atoms with van der Waals surface area (Å²) in [6.07, 6.45) is 9.16. The van der Waals surface area contributed by atoms with Crippen molar-refractivity contribution in [3.05, 3.63) is 22.8 Å². The fourth-order valence-electron chi connectivity index (χ4n) is 5.47. The van der Waals surface area contributed by atoms with Gasteiger partial charge in [0.25, 0.3) is 0 Å². The molecule has 0 unspecified atom stereocenters. The summed E-state index contributed by atoms with van der Waals surface area (Å²) in [4.78, 5) is 14.7. The number of rotatable bonds is 5.